The van der Waals surface area contributed by atoms with Gasteiger partial charge in [0.25, 0.3) is 0 Å². The predicted molar refractivity (Wildman–Crippen MR) is 63.5 cm³/mol. The molecular formula is C12H20ClNO2. The number of ether oxygens (including phenoxy) is 1. The molecule has 2 rings (SSSR count). The fourth-order valence-electron chi connectivity index (χ4n) is 2.55. The molecule has 0 aromatic rings. The third-order valence-corrected chi connectivity index (χ3v) is 4.03. The average Bonchev–Trinajstić information content (AvgIpc) is 2.73. The van der Waals surface area contributed by atoms with Crippen LogP contribution >= 0.6 is 11.6 Å². The van der Waals surface area contributed by atoms with Gasteiger partial charge >= 0.3 is 0 Å². The molecule has 4 heteroatoms. The van der Waals surface area contributed by atoms with Crippen LogP contribution < -0.4 is 5.32 Å². The monoisotopic (exact) mass is 245 g/mol. The van der Waals surface area contributed by atoms with E-state index in [0.717, 1.165) is 51.9 Å². The Morgan fingerprint density at radius 1 is 1.25 bits per heavy atom. The highest BCUT2D eigenvalue weighted by molar-refractivity contribution is 6.20. The van der Waals surface area contributed by atoms with Gasteiger partial charge in [0.2, 0.25) is 5.91 Å². The van der Waals surface area contributed by atoms with Crippen molar-refractivity contribution in [2.75, 3.05) is 19.8 Å². The van der Waals surface area contributed by atoms with Crippen molar-refractivity contribution in [1.29, 1.82) is 0 Å². The van der Waals surface area contributed by atoms with Crippen molar-refractivity contribution in [3.8, 4) is 0 Å². The highest BCUT2D eigenvalue weighted by Gasteiger charge is 2.25. The Labute approximate surface area is 102 Å². The van der Waals surface area contributed by atoms with Crippen LogP contribution in [0.15, 0.2) is 0 Å². The molecule has 1 aliphatic carbocycles. The summed E-state index contributed by atoms with van der Waals surface area (Å²) in [4.78, 5) is 11.8. The lowest BCUT2D eigenvalue weighted by molar-refractivity contribution is -0.128. The van der Waals surface area contributed by atoms with E-state index < -0.39 is 0 Å². The minimum atomic E-state index is 0.168. The average molecular weight is 246 g/mol. The van der Waals surface area contributed by atoms with Gasteiger partial charge in [0.15, 0.2) is 0 Å². The van der Waals surface area contributed by atoms with Crippen molar-refractivity contribution >= 4 is 17.5 Å². The molecule has 3 nitrogen and oxygen atoms in total. The number of carbonyl (C=O) groups is 1. The van der Waals surface area contributed by atoms with Crippen molar-refractivity contribution in [2.24, 2.45) is 11.8 Å². The van der Waals surface area contributed by atoms with Gasteiger partial charge in [-0.15, -0.1) is 11.6 Å². The van der Waals surface area contributed by atoms with Crippen LogP contribution in [-0.2, 0) is 9.53 Å². The fraction of sp³-hybridized carbons (Fsp3) is 0.917. The molecule has 2 unspecified atom stereocenters. The maximum atomic E-state index is 11.8. The first-order valence-electron chi connectivity index (χ1n) is 6.25. The second-order valence-corrected chi connectivity index (χ2v) is 5.53. The van der Waals surface area contributed by atoms with E-state index in [4.69, 9.17) is 16.3 Å². The molecule has 1 aliphatic heterocycles. The summed E-state index contributed by atoms with van der Waals surface area (Å²) in [6.45, 7) is 2.26. The fourth-order valence-corrected chi connectivity index (χ4v) is 2.93. The van der Waals surface area contributed by atoms with Crippen molar-refractivity contribution in [2.45, 2.75) is 37.5 Å². The van der Waals surface area contributed by atoms with Gasteiger partial charge in [0.05, 0.1) is 0 Å². The molecule has 0 radical (unpaired) electrons. The van der Waals surface area contributed by atoms with Gasteiger partial charge < -0.3 is 10.1 Å². The summed E-state index contributed by atoms with van der Waals surface area (Å²) >= 11 is 6.04. The quantitative estimate of drug-likeness (QED) is 0.772. The van der Waals surface area contributed by atoms with Crippen molar-refractivity contribution in [3.63, 3.8) is 0 Å². The Balaban J connectivity index is 1.66. The van der Waals surface area contributed by atoms with Crippen LogP contribution in [0.2, 0.25) is 0 Å². The number of halogens is 1. The van der Waals surface area contributed by atoms with Gasteiger partial charge in [-0.2, -0.15) is 0 Å². The summed E-state index contributed by atoms with van der Waals surface area (Å²) in [5.41, 5.74) is 0. The molecule has 2 atom stereocenters. The van der Waals surface area contributed by atoms with Crippen LogP contribution in [0.1, 0.15) is 32.1 Å². The van der Waals surface area contributed by atoms with Gasteiger partial charge in [0, 0.05) is 31.1 Å². The summed E-state index contributed by atoms with van der Waals surface area (Å²) < 4.78 is 5.24. The maximum absolute atomic E-state index is 11.8. The summed E-state index contributed by atoms with van der Waals surface area (Å²) in [6.07, 6.45) is 5.04. The largest absolute Gasteiger partial charge is 0.381 e. The SMILES string of the molecule is O=C(NCC1CCC(Cl)C1)C1CCOCC1. The van der Waals surface area contributed by atoms with Crippen molar-refractivity contribution < 1.29 is 9.53 Å². The Bertz CT molecular complexity index is 241. The van der Waals surface area contributed by atoms with Gasteiger partial charge in [-0.3, -0.25) is 4.79 Å². The van der Waals surface area contributed by atoms with Gasteiger partial charge in [-0.05, 0) is 38.0 Å². The Hall–Kier alpha value is -0.280. The first-order valence-corrected chi connectivity index (χ1v) is 6.69. The third-order valence-electron chi connectivity index (χ3n) is 3.63. The van der Waals surface area contributed by atoms with Gasteiger partial charge in [0.1, 0.15) is 0 Å². The van der Waals surface area contributed by atoms with E-state index >= 15 is 0 Å². The van der Waals surface area contributed by atoms with Crippen LogP contribution in [0.3, 0.4) is 0 Å². The number of alkyl halides is 1. The minimum absolute atomic E-state index is 0.168. The zero-order chi connectivity index (χ0) is 11.4. The van der Waals surface area contributed by atoms with E-state index in [1.807, 2.05) is 0 Å². The highest BCUT2D eigenvalue weighted by Crippen LogP contribution is 2.28. The Morgan fingerprint density at radius 3 is 2.62 bits per heavy atom. The molecule has 1 saturated heterocycles. The minimum Gasteiger partial charge on any atom is -0.381 e. The number of nitrogens with one attached hydrogen (secondary N) is 1. The molecule has 92 valence electrons. The Morgan fingerprint density at radius 2 is 2.00 bits per heavy atom. The van der Waals surface area contributed by atoms with E-state index in [-0.39, 0.29) is 11.8 Å². The standard InChI is InChI=1S/C12H20ClNO2/c13-11-2-1-9(7-11)8-14-12(15)10-3-5-16-6-4-10/h9-11H,1-8H2,(H,14,15). The first-order chi connectivity index (χ1) is 7.75. The third kappa shape index (κ3) is 3.36. The van der Waals surface area contributed by atoms with Crippen molar-refractivity contribution in [1.82, 2.24) is 5.32 Å². The highest BCUT2D eigenvalue weighted by atomic mass is 35.5. The molecule has 1 amide bonds. The number of carbonyl (C=O) groups excluding carboxylic acids is 1. The zero-order valence-electron chi connectivity index (χ0n) is 9.58. The van der Waals surface area contributed by atoms with Gasteiger partial charge in [-0.1, -0.05) is 0 Å². The maximum Gasteiger partial charge on any atom is 0.223 e. The second-order valence-electron chi connectivity index (χ2n) is 4.91. The number of hydrogen-bond acceptors (Lipinski definition) is 2. The van der Waals surface area contributed by atoms with Crippen LogP contribution in [0.5, 0.6) is 0 Å². The lowest BCUT2D eigenvalue weighted by atomic mass is 9.99. The van der Waals surface area contributed by atoms with E-state index in [1.54, 1.807) is 0 Å². The molecule has 1 heterocycles. The predicted octanol–water partition coefficient (Wildman–Crippen LogP) is 1.94. The molecule has 0 spiro atoms. The molecule has 1 saturated carbocycles. The molecule has 1 N–H and O–H groups in total. The second kappa shape index (κ2) is 5.87. The van der Waals surface area contributed by atoms with Crippen molar-refractivity contribution in [3.05, 3.63) is 0 Å². The van der Waals surface area contributed by atoms with Crippen LogP contribution in [0, 0.1) is 11.8 Å². The lowest BCUT2D eigenvalue weighted by Crippen LogP contribution is -2.36. The summed E-state index contributed by atoms with van der Waals surface area (Å²) in [5, 5.41) is 3.39. The first kappa shape index (κ1) is 12.2. The summed E-state index contributed by atoms with van der Waals surface area (Å²) in [5.74, 6) is 0.967. The van der Waals surface area contributed by atoms with Crippen LogP contribution in [-0.4, -0.2) is 31.0 Å². The summed E-state index contributed by atoms with van der Waals surface area (Å²) in [7, 11) is 0. The van der Waals surface area contributed by atoms with Gasteiger partial charge in [-0.25, -0.2) is 0 Å². The topological polar surface area (TPSA) is 38.3 Å². The van der Waals surface area contributed by atoms with E-state index in [1.165, 1.54) is 0 Å². The molecule has 16 heavy (non-hydrogen) atoms. The van der Waals surface area contributed by atoms with E-state index in [0.29, 0.717) is 11.3 Å². The molecule has 0 aromatic heterocycles. The summed E-state index contributed by atoms with van der Waals surface area (Å²) in [6, 6.07) is 0. The normalized spacial score (nSPS) is 31.6. The molecule has 0 bridgehead atoms. The number of hydrogen-bond donors (Lipinski definition) is 1. The van der Waals surface area contributed by atoms with Crippen LogP contribution in [0.25, 0.3) is 0 Å². The molecular weight excluding hydrogens is 226 g/mol. The van der Waals surface area contributed by atoms with E-state index in [2.05, 4.69) is 5.32 Å². The molecule has 2 fully saturated rings. The van der Waals surface area contributed by atoms with Crippen LogP contribution in [0.4, 0.5) is 0 Å². The molecule has 2 aliphatic rings. The number of amides is 1. The van der Waals surface area contributed by atoms with E-state index in [9.17, 15) is 4.79 Å². The molecule has 0 aromatic carbocycles. The smallest absolute Gasteiger partial charge is 0.223 e. The number of rotatable bonds is 3. The lowest BCUT2D eigenvalue weighted by Gasteiger charge is -2.22. The Kier molecular flexibility index (Phi) is 4.47. The zero-order valence-corrected chi connectivity index (χ0v) is 10.3.